The van der Waals surface area contributed by atoms with E-state index in [2.05, 4.69) is 379 Å². The molecule has 0 atom stereocenters. The van der Waals surface area contributed by atoms with Crippen LogP contribution in [0.25, 0.3) is 121 Å². The van der Waals surface area contributed by atoms with Crippen LogP contribution < -0.4 is 9.80 Å². The molecule has 18 rings (SSSR count). The molecule has 2 aliphatic heterocycles. The number of aryl methyl sites for hydroxylation is 4. The van der Waals surface area contributed by atoms with Gasteiger partial charge in [-0.15, -0.1) is 0 Å². The van der Waals surface area contributed by atoms with E-state index in [1.165, 1.54) is 54.3 Å². The summed E-state index contributed by atoms with van der Waals surface area (Å²) in [5.74, 6) is -1.64. The first-order valence-electron chi connectivity index (χ1n) is 43.6. The van der Waals surface area contributed by atoms with E-state index in [0.717, 1.165) is 121 Å². The highest BCUT2D eigenvalue weighted by molar-refractivity contribution is 6.39. The zero-order valence-corrected chi connectivity index (χ0v) is 76.8. The van der Waals surface area contributed by atoms with E-state index < -0.39 is 23.6 Å². The molecule has 0 unspecified atom stereocenters. The van der Waals surface area contributed by atoms with Gasteiger partial charge in [0.2, 0.25) is 0 Å². The highest BCUT2D eigenvalue weighted by atomic mass is 16.2. The second-order valence-corrected chi connectivity index (χ2v) is 43.7. The molecule has 0 N–H and O–H groups in total. The highest BCUT2D eigenvalue weighted by Gasteiger charge is 2.47. The Balaban J connectivity index is 0.803. The van der Waals surface area contributed by atoms with Crippen LogP contribution in [0.1, 0.15) is 274 Å². The molecule has 0 fully saturated rings. The van der Waals surface area contributed by atoms with Crippen molar-refractivity contribution in [3.05, 3.63) is 283 Å². The predicted molar refractivity (Wildman–Crippen MR) is 513 cm³/mol. The maximum Gasteiger partial charge on any atom is 0.268 e. The summed E-state index contributed by atoms with van der Waals surface area (Å²) < 4.78 is 8.89. The molecule has 6 heterocycles. The minimum atomic E-state index is -0.410. The monoisotopic (exact) mass is 1610 g/mol. The van der Waals surface area contributed by atoms with Crippen molar-refractivity contribution in [1.82, 2.24) is 18.3 Å². The van der Waals surface area contributed by atoms with Gasteiger partial charge in [0.05, 0.1) is 101 Å². The maximum absolute atomic E-state index is 16.8. The summed E-state index contributed by atoms with van der Waals surface area (Å²) in [6, 6.07) is 70.4. The van der Waals surface area contributed by atoms with Gasteiger partial charge in [0.1, 0.15) is 0 Å². The van der Waals surface area contributed by atoms with Crippen molar-refractivity contribution >= 4 is 122 Å². The van der Waals surface area contributed by atoms with E-state index in [-0.39, 0.29) is 43.3 Å². The molecular formula is C112H116N6O4. The number of aromatic nitrogens is 4. The Labute approximate surface area is 719 Å². The second kappa shape index (κ2) is 26.8. The summed E-state index contributed by atoms with van der Waals surface area (Å²) in [7, 11) is 0. The van der Waals surface area contributed by atoms with Crippen LogP contribution in [0.2, 0.25) is 0 Å². The van der Waals surface area contributed by atoms with Crippen LogP contribution in [0.3, 0.4) is 0 Å². The lowest BCUT2D eigenvalue weighted by molar-refractivity contribution is 0.0910. The van der Waals surface area contributed by atoms with Crippen molar-refractivity contribution in [3.63, 3.8) is 0 Å². The third kappa shape index (κ3) is 12.6. The highest BCUT2D eigenvalue weighted by Crippen LogP contribution is 2.51. The van der Waals surface area contributed by atoms with Crippen LogP contribution in [0.5, 0.6) is 0 Å². The number of benzene rings is 12. The van der Waals surface area contributed by atoms with Gasteiger partial charge in [0.25, 0.3) is 23.6 Å². The fraction of sp³-hybridized carbons (Fsp3) is 0.321. The summed E-state index contributed by atoms with van der Waals surface area (Å²) in [5.41, 5.74) is 25.3. The SMILES string of the molecule is Cc1cc(-c2cc(C)c(N3C(=O)c4c(-n5c6ccc(C(C)(C)C)cc6c6cc(C(C)(C)C)ccc65)ccc(-n5c6ccc(C(C)(C)C)cc6c6cc(C(C)(C)C)ccc65)c4C3=O)c(C)c2)cc(C)c1N1C(=O)c2c(-n3c4ccc(C(C)(C)C)cc4c4cc(C(C)(C)C)ccc43)ccc(-n3c4ccc(C(C)(C)C)cc4c4cc(C(C)(C)C)ccc43)c2C1=O. The Morgan fingerprint density at radius 3 is 0.459 bits per heavy atom. The van der Waals surface area contributed by atoms with E-state index in [4.69, 9.17) is 0 Å². The summed E-state index contributed by atoms with van der Waals surface area (Å²) in [6.45, 7) is 61.8. The van der Waals surface area contributed by atoms with Gasteiger partial charge in [-0.2, -0.15) is 0 Å². The molecule has 12 aromatic carbocycles. The number of carbonyl (C=O) groups is 4. The van der Waals surface area contributed by atoms with Crippen molar-refractivity contribution in [1.29, 1.82) is 0 Å². The molecule has 0 bridgehead atoms. The number of rotatable bonds is 7. The summed E-state index contributed by atoms with van der Waals surface area (Å²) in [6.07, 6.45) is 0. The maximum atomic E-state index is 16.8. The molecule has 0 saturated heterocycles. The van der Waals surface area contributed by atoms with Gasteiger partial charge in [0.15, 0.2) is 0 Å². The molecule has 16 aromatic rings. The fourth-order valence-electron chi connectivity index (χ4n) is 19.6. The van der Waals surface area contributed by atoms with Crippen molar-refractivity contribution in [2.24, 2.45) is 0 Å². The van der Waals surface area contributed by atoms with Crippen LogP contribution in [-0.2, 0) is 43.3 Å². The molecule has 0 saturated carbocycles. The molecule has 122 heavy (non-hydrogen) atoms. The number of amides is 4. The van der Waals surface area contributed by atoms with Gasteiger partial charge in [-0.25, -0.2) is 9.80 Å². The van der Waals surface area contributed by atoms with Crippen LogP contribution >= 0.6 is 0 Å². The normalized spacial score (nSPS) is 14.3. The molecule has 0 aliphatic carbocycles. The first kappa shape index (κ1) is 81.1. The van der Waals surface area contributed by atoms with Gasteiger partial charge < -0.3 is 18.3 Å². The largest absolute Gasteiger partial charge is 0.308 e. The summed E-state index contributed by atoms with van der Waals surface area (Å²) in [5, 5.41) is 8.59. The molecule has 4 amide bonds. The number of nitrogens with zero attached hydrogens (tertiary/aromatic N) is 6. The Hall–Kier alpha value is -11.9. The lowest BCUT2D eigenvalue weighted by atomic mass is 9.85. The van der Waals surface area contributed by atoms with Crippen molar-refractivity contribution < 1.29 is 19.2 Å². The number of hydrogen-bond donors (Lipinski definition) is 0. The number of anilines is 2. The Morgan fingerprint density at radius 1 is 0.189 bits per heavy atom. The predicted octanol–water partition coefficient (Wildman–Crippen LogP) is 29.0. The summed E-state index contributed by atoms with van der Waals surface area (Å²) in [4.78, 5) is 70.0. The standard InChI is InChI=1S/C112H116N6O4/c1-61-49-65(50-62(2)99(61)117-101(119)95-91(113-83-37-29-67(105(5,6)7)53-75(83)76-54-68(106(8,9)10)30-38-84(76)113)45-46-92(96(95)102(117)120)114-85-39-31-69(107(11,12)13)55-77(85)78-56-70(108(14,15)16)32-40-86(78)114)66-51-63(3)100(64(4)52-66)118-103(121)97-93(115-87-41-33-71(109(17,18)19)57-79(87)80-58-72(110(20,21)22)34-42-88(80)115)47-48-94(98(97)104(118)122)116-89-43-35-73(111(23,24)25)59-81(89)82-60-74(112(26,27)28)36-44-90(82)116/h29-60H,1-28H3. The van der Waals surface area contributed by atoms with Crippen molar-refractivity contribution in [2.75, 3.05) is 9.80 Å². The fourth-order valence-corrected chi connectivity index (χ4v) is 19.6. The van der Waals surface area contributed by atoms with Gasteiger partial charge >= 0.3 is 0 Å². The third-order valence-corrected chi connectivity index (χ3v) is 26.7. The molecule has 618 valence electrons. The third-order valence-electron chi connectivity index (χ3n) is 26.7. The minimum Gasteiger partial charge on any atom is -0.308 e. The molecular weight excluding hydrogens is 1490 g/mol. The molecule has 0 radical (unpaired) electrons. The topological polar surface area (TPSA) is 94.5 Å². The molecule has 2 aliphatic rings. The average Bonchev–Trinajstić information content (AvgIpc) is 1.54. The first-order valence-corrected chi connectivity index (χ1v) is 43.6. The van der Waals surface area contributed by atoms with Gasteiger partial charge in [0, 0.05) is 43.1 Å². The minimum absolute atomic E-state index is 0.151. The summed E-state index contributed by atoms with van der Waals surface area (Å²) >= 11 is 0. The molecule has 0 spiro atoms. The number of imide groups is 2. The van der Waals surface area contributed by atoms with Crippen molar-refractivity contribution in [2.45, 2.75) is 237 Å². The lowest BCUT2D eigenvalue weighted by Gasteiger charge is -2.23. The zero-order chi connectivity index (χ0) is 87.5. The van der Waals surface area contributed by atoms with E-state index in [0.29, 0.717) is 56.4 Å². The Kier molecular flexibility index (Phi) is 17.8. The quantitative estimate of drug-likeness (QED) is 0.149. The van der Waals surface area contributed by atoms with Crippen LogP contribution in [0.4, 0.5) is 11.4 Å². The van der Waals surface area contributed by atoms with Crippen LogP contribution in [-0.4, -0.2) is 41.9 Å². The van der Waals surface area contributed by atoms with Gasteiger partial charge in [-0.1, -0.05) is 215 Å². The smallest absolute Gasteiger partial charge is 0.268 e. The number of fused-ring (bicyclic) bond motifs is 14. The number of carbonyl (C=O) groups excluding carboxylic acids is 4. The molecule has 10 heteroatoms. The van der Waals surface area contributed by atoms with E-state index in [9.17, 15) is 0 Å². The lowest BCUT2D eigenvalue weighted by Crippen LogP contribution is -2.31. The Morgan fingerprint density at radius 2 is 0.328 bits per heavy atom. The zero-order valence-electron chi connectivity index (χ0n) is 76.8. The van der Waals surface area contributed by atoms with E-state index in [1.807, 2.05) is 27.7 Å². The van der Waals surface area contributed by atoms with Crippen LogP contribution in [0, 0.1) is 27.7 Å². The number of hydrogen-bond acceptors (Lipinski definition) is 4. The second-order valence-electron chi connectivity index (χ2n) is 43.7. The Bertz CT molecular complexity index is 6190. The van der Waals surface area contributed by atoms with Gasteiger partial charge in [-0.05, 0) is 294 Å². The molecule has 10 nitrogen and oxygen atoms in total. The van der Waals surface area contributed by atoms with E-state index >= 15 is 19.2 Å². The van der Waals surface area contributed by atoms with Crippen molar-refractivity contribution in [3.8, 4) is 33.9 Å². The van der Waals surface area contributed by atoms with E-state index in [1.54, 1.807) is 0 Å². The van der Waals surface area contributed by atoms with Gasteiger partial charge in [-0.3, -0.25) is 19.2 Å². The first-order chi connectivity index (χ1) is 56.9. The molecule has 4 aromatic heterocycles. The van der Waals surface area contributed by atoms with Crippen LogP contribution in [0.15, 0.2) is 194 Å². The average molecular weight is 1610 g/mol.